The fraction of sp³-hybridized carbons (Fsp3) is 0.943. The van der Waals surface area contributed by atoms with Crippen molar-refractivity contribution in [1.29, 1.82) is 0 Å². The molecule has 0 radical (unpaired) electrons. The van der Waals surface area contributed by atoms with Crippen LogP contribution in [0.4, 0.5) is 0 Å². The average molecular weight is 1310 g/mol. The summed E-state index contributed by atoms with van der Waals surface area (Å²) < 4.78 is 68.3. The van der Waals surface area contributed by atoms with Gasteiger partial charge in [0.25, 0.3) is 0 Å². The molecule has 5 atom stereocenters. The standard InChI is InChI=1S/C70H136O17P2/c1-8-9-10-11-12-13-14-15-16-24-31-39-46-53-69(74)87-66(58-81-68(73)52-45-38-33-26-29-36-43-50-63(6)7)60-85-89(78,79)83-56-64(71)55-82-88(76,77)84-59-65(86-70(75)54-47-40-32-25-20-18-22-28-35-42-49-62(4)5)57-80-67(72)51-44-37-30-23-19-17-21-27-34-41-48-61(2)3/h61-66,71H,8-60H2,1-7H3,(H,76,77)(H,78,79)/t64-,65-,66-/m1/s1. The number of aliphatic hydroxyl groups excluding tert-OH is 1. The number of rotatable bonds is 68. The molecule has 0 aromatic heterocycles. The van der Waals surface area contributed by atoms with E-state index in [-0.39, 0.29) is 25.7 Å². The Morgan fingerprint density at radius 2 is 0.517 bits per heavy atom. The lowest BCUT2D eigenvalue weighted by Crippen LogP contribution is -2.30. The number of ether oxygens (including phenoxy) is 4. The van der Waals surface area contributed by atoms with Crippen molar-refractivity contribution in [3.05, 3.63) is 0 Å². The summed E-state index contributed by atoms with van der Waals surface area (Å²) in [6.07, 6.45) is 44.4. The fourth-order valence-electron chi connectivity index (χ4n) is 10.5. The smallest absolute Gasteiger partial charge is 0.462 e. The Morgan fingerprint density at radius 1 is 0.303 bits per heavy atom. The zero-order valence-electron chi connectivity index (χ0n) is 57.9. The van der Waals surface area contributed by atoms with Gasteiger partial charge in [-0.1, -0.05) is 299 Å². The number of esters is 4. The highest BCUT2D eigenvalue weighted by Crippen LogP contribution is 2.45. The first-order valence-electron chi connectivity index (χ1n) is 36.3. The molecule has 0 saturated heterocycles. The lowest BCUT2D eigenvalue weighted by atomic mass is 10.0. The molecular formula is C70H136O17P2. The second-order valence-electron chi connectivity index (χ2n) is 26.7. The summed E-state index contributed by atoms with van der Waals surface area (Å²) in [5, 5.41) is 10.6. The first kappa shape index (κ1) is 87.1. The van der Waals surface area contributed by atoms with E-state index in [1.807, 2.05) is 0 Å². The molecule has 0 aromatic rings. The Balaban J connectivity index is 5.26. The van der Waals surface area contributed by atoms with Crippen LogP contribution >= 0.6 is 15.6 Å². The van der Waals surface area contributed by atoms with Gasteiger partial charge in [-0.05, 0) is 43.4 Å². The van der Waals surface area contributed by atoms with E-state index in [4.69, 9.17) is 37.0 Å². The van der Waals surface area contributed by atoms with Gasteiger partial charge in [-0.15, -0.1) is 0 Å². The Hall–Kier alpha value is -1.94. The number of phosphoric acid groups is 2. The molecule has 0 saturated carbocycles. The predicted octanol–water partition coefficient (Wildman–Crippen LogP) is 19.8. The quantitative estimate of drug-likeness (QED) is 0.0222. The summed E-state index contributed by atoms with van der Waals surface area (Å²) in [7, 11) is -9.90. The first-order chi connectivity index (χ1) is 42.7. The number of unbranched alkanes of at least 4 members (excludes halogenated alkanes) is 36. The van der Waals surface area contributed by atoms with Crippen molar-refractivity contribution >= 4 is 39.5 Å². The first-order valence-corrected chi connectivity index (χ1v) is 39.3. The zero-order chi connectivity index (χ0) is 65.9. The Bertz CT molecular complexity index is 1750. The van der Waals surface area contributed by atoms with Crippen molar-refractivity contribution in [1.82, 2.24) is 0 Å². The van der Waals surface area contributed by atoms with Gasteiger partial charge in [-0.25, -0.2) is 9.13 Å². The van der Waals surface area contributed by atoms with Gasteiger partial charge in [0.2, 0.25) is 0 Å². The summed E-state index contributed by atoms with van der Waals surface area (Å²) in [6.45, 7) is 11.8. The van der Waals surface area contributed by atoms with Gasteiger partial charge in [0, 0.05) is 25.7 Å². The molecule has 0 fully saturated rings. The van der Waals surface area contributed by atoms with Crippen LogP contribution in [0.1, 0.15) is 350 Å². The van der Waals surface area contributed by atoms with Gasteiger partial charge >= 0.3 is 39.5 Å². The monoisotopic (exact) mass is 1310 g/mol. The van der Waals surface area contributed by atoms with Crippen LogP contribution in [0.25, 0.3) is 0 Å². The minimum absolute atomic E-state index is 0.105. The van der Waals surface area contributed by atoms with Crippen molar-refractivity contribution < 1.29 is 80.2 Å². The van der Waals surface area contributed by atoms with Crippen LogP contribution in [0.15, 0.2) is 0 Å². The van der Waals surface area contributed by atoms with E-state index in [9.17, 15) is 43.2 Å². The maximum absolute atomic E-state index is 13.0. The fourth-order valence-corrected chi connectivity index (χ4v) is 12.1. The third kappa shape index (κ3) is 64.6. The number of carbonyl (C=O) groups excluding carboxylic acids is 4. The Labute approximate surface area is 543 Å². The summed E-state index contributed by atoms with van der Waals surface area (Å²) >= 11 is 0. The minimum atomic E-state index is -4.95. The van der Waals surface area contributed by atoms with Crippen molar-refractivity contribution in [3.63, 3.8) is 0 Å². The van der Waals surface area contributed by atoms with E-state index in [0.717, 1.165) is 108 Å². The van der Waals surface area contributed by atoms with E-state index in [2.05, 4.69) is 48.5 Å². The van der Waals surface area contributed by atoms with Crippen LogP contribution in [0.5, 0.6) is 0 Å². The molecule has 0 aromatic carbocycles. The SMILES string of the molecule is CCCCCCCCCCCCCCCC(=O)O[C@H](COC(=O)CCCCCCCCCC(C)C)COP(=O)(O)OC[C@H](O)COP(=O)(O)OC[C@@H](COC(=O)CCCCCCCCCCCCC(C)C)OC(=O)CCCCCCCCCCCCC(C)C. The molecule has 528 valence electrons. The van der Waals surface area contributed by atoms with Crippen molar-refractivity contribution in [2.45, 2.75) is 369 Å². The molecule has 0 aliphatic carbocycles. The number of hydrogen-bond acceptors (Lipinski definition) is 15. The maximum Gasteiger partial charge on any atom is 0.472 e. The summed E-state index contributed by atoms with van der Waals surface area (Å²) in [5.41, 5.74) is 0. The second-order valence-corrected chi connectivity index (χ2v) is 29.6. The highest BCUT2D eigenvalue weighted by molar-refractivity contribution is 7.47. The molecular weight excluding hydrogens is 1170 g/mol. The van der Waals surface area contributed by atoms with E-state index < -0.39 is 97.5 Å². The molecule has 19 heteroatoms. The van der Waals surface area contributed by atoms with Gasteiger partial charge in [-0.2, -0.15) is 0 Å². The van der Waals surface area contributed by atoms with Gasteiger partial charge < -0.3 is 33.8 Å². The van der Waals surface area contributed by atoms with E-state index in [0.29, 0.717) is 31.6 Å². The van der Waals surface area contributed by atoms with Gasteiger partial charge in [0.1, 0.15) is 19.3 Å². The molecule has 0 spiro atoms. The molecule has 0 heterocycles. The lowest BCUT2D eigenvalue weighted by molar-refractivity contribution is -0.161. The lowest BCUT2D eigenvalue weighted by Gasteiger charge is -2.21. The molecule has 0 aliphatic heterocycles. The molecule has 0 bridgehead atoms. The van der Waals surface area contributed by atoms with E-state index in [1.165, 1.54) is 154 Å². The second kappa shape index (κ2) is 61.0. The van der Waals surface area contributed by atoms with Crippen LogP contribution in [0.2, 0.25) is 0 Å². The number of hydrogen-bond donors (Lipinski definition) is 3. The average Bonchev–Trinajstić information content (AvgIpc) is 3.54. The summed E-state index contributed by atoms with van der Waals surface area (Å²) in [6, 6.07) is 0. The van der Waals surface area contributed by atoms with Crippen molar-refractivity contribution in [2.75, 3.05) is 39.6 Å². The summed E-state index contributed by atoms with van der Waals surface area (Å²) in [4.78, 5) is 72.5. The van der Waals surface area contributed by atoms with Crippen LogP contribution in [0, 0.1) is 17.8 Å². The van der Waals surface area contributed by atoms with Crippen molar-refractivity contribution in [3.8, 4) is 0 Å². The summed E-state index contributed by atoms with van der Waals surface area (Å²) in [5.74, 6) is 0.0898. The molecule has 17 nitrogen and oxygen atoms in total. The van der Waals surface area contributed by atoms with Crippen LogP contribution < -0.4 is 0 Å². The Morgan fingerprint density at radius 3 is 0.764 bits per heavy atom. The highest BCUT2D eigenvalue weighted by atomic mass is 31.2. The number of aliphatic hydroxyl groups is 1. The van der Waals surface area contributed by atoms with Crippen molar-refractivity contribution in [2.24, 2.45) is 17.8 Å². The molecule has 89 heavy (non-hydrogen) atoms. The van der Waals surface area contributed by atoms with Gasteiger partial charge in [0.15, 0.2) is 12.2 Å². The largest absolute Gasteiger partial charge is 0.472 e. The predicted molar refractivity (Wildman–Crippen MR) is 358 cm³/mol. The zero-order valence-corrected chi connectivity index (χ0v) is 59.7. The van der Waals surface area contributed by atoms with E-state index >= 15 is 0 Å². The van der Waals surface area contributed by atoms with Crippen LogP contribution in [0.3, 0.4) is 0 Å². The molecule has 2 unspecified atom stereocenters. The molecule has 0 aliphatic rings. The topological polar surface area (TPSA) is 237 Å². The maximum atomic E-state index is 13.0. The minimum Gasteiger partial charge on any atom is -0.462 e. The highest BCUT2D eigenvalue weighted by Gasteiger charge is 2.30. The van der Waals surface area contributed by atoms with E-state index in [1.54, 1.807) is 0 Å². The van der Waals surface area contributed by atoms with Gasteiger partial charge in [0.05, 0.1) is 26.4 Å². The Kier molecular flexibility index (Phi) is 59.6. The number of carbonyl (C=O) groups is 4. The molecule has 3 N–H and O–H groups in total. The third-order valence-electron chi connectivity index (χ3n) is 16.1. The number of phosphoric ester groups is 2. The van der Waals surface area contributed by atoms with Crippen LogP contribution in [-0.2, 0) is 65.4 Å². The third-order valence-corrected chi connectivity index (χ3v) is 18.0. The molecule has 0 amide bonds. The van der Waals surface area contributed by atoms with Crippen LogP contribution in [-0.4, -0.2) is 96.7 Å². The normalized spacial score (nSPS) is 14.2. The molecule has 0 rings (SSSR count). The van der Waals surface area contributed by atoms with Gasteiger partial charge in [-0.3, -0.25) is 37.3 Å².